The zero-order chi connectivity index (χ0) is 12.9. The van der Waals surface area contributed by atoms with Crippen LogP contribution in [-0.2, 0) is 6.54 Å². The fourth-order valence-corrected chi connectivity index (χ4v) is 2.50. The molecule has 1 aliphatic rings. The van der Waals surface area contributed by atoms with Crippen molar-refractivity contribution in [3.63, 3.8) is 0 Å². The summed E-state index contributed by atoms with van der Waals surface area (Å²) in [5.41, 5.74) is 1.87. The number of fused-ring (bicyclic) bond motifs is 3. The zero-order valence-electron chi connectivity index (χ0n) is 9.52. The van der Waals surface area contributed by atoms with Crippen LogP contribution in [0.2, 0.25) is 0 Å². The molecule has 1 amide bonds. The van der Waals surface area contributed by atoms with Gasteiger partial charge in [0.1, 0.15) is 16.7 Å². The number of halogens is 2. The Morgan fingerprint density at radius 3 is 3.00 bits per heavy atom. The number of benzene rings is 1. The Hall–Kier alpha value is -1.69. The van der Waals surface area contributed by atoms with Gasteiger partial charge in [0, 0.05) is 7.05 Å². The molecule has 1 aromatic carbocycles. The van der Waals surface area contributed by atoms with Gasteiger partial charge in [-0.2, -0.15) is 0 Å². The molecule has 0 N–H and O–H groups in total. The van der Waals surface area contributed by atoms with Crippen molar-refractivity contribution in [3.05, 3.63) is 46.2 Å². The first-order valence-corrected chi connectivity index (χ1v) is 6.14. The van der Waals surface area contributed by atoms with Crippen LogP contribution in [0.15, 0.2) is 29.1 Å². The van der Waals surface area contributed by atoms with Gasteiger partial charge in [0.25, 0.3) is 5.91 Å². The highest BCUT2D eigenvalue weighted by Gasteiger charge is 2.25. The number of hydrogen-bond acceptors (Lipinski definition) is 2. The molecule has 0 fully saturated rings. The number of carbonyl (C=O) groups is 1. The summed E-state index contributed by atoms with van der Waals surface area (Å²) in [6.45, 7) is 0.426. The Labute approximate surface area is 111 Å². The van der Waals surface area contributed by atoms with Crippen LogP contribution in [0, 0.1) is 5.82 Å². The van der Waals surface area contributed by atoms with E-state index in [1.165, 1.54) is 12.1 Å². The molecule has 0 bridgehead atoms. The molecule has 2 aromatic rings. The molecule has 0 unspecified atom stereocenters. The Morgan fingerprint density at radius 1 is 1.44 bits per heavy atom. The van der Waals surface area contributed by atoms with Crippen molar-refractivity contribution < 1.29 is 9.18 Å². The van der Waals surface area contributed by atoms with E-state index in [2.05, 4.69) is 20.9 Å². The van der Waals surface area contributed by atoms with Crippen LogP contribution in [0.1, 0.15) is 16.1 Å². The van der Waals surface area contributed by atoms with Crippen LogP contribution < -0.4 is 0 Å². The van der Waals surface area contributed by atoms with Crippen LogP contribution in [-0.4, -0.2) is 27.4 Å². The molecule has 92 valence electrons. The van der Waals surface area contributed by atoms with Crippen molar-refractivity contribution in [3.8, 4) is 5.69 Å². The van der Waals surface area contributed by atoms with Crippen molar-refractivity contribution in [2.45, 2.75) is 6.54 Å². The van der Waals surface area contributed by atoms with Gasteiger partial charge in [-0.1, -0.05) is 0 Å². The molecule has 3 rings (SSSR count). The van der Waals surface area contributed by atoms with E-state index >= 15 is 0 Å². The maximum atomic E-state index is 13.3. The SMILES string of the molecule is CN1Cc2c(Br)ncn2-c2ccc(F)cc2C1=O. The average molecular weight is 310 g/mol. The molecule has 0 atom stereocenters. The van der Waals surface area contributed by atoms with E-state index < -0.39 is 5.82 Å². The standard InChI is InChI=1S/C12H9BrFN3O/c1-16-5-10-11(13)15-6-17(10)9-3-2-7(14)4-8(9)12(16)18/h2-4,6H,5H2,1H3. The summed E-state index contributed by atoms with van der Waals surface area (Å²) in [6, 6.07) is 4.20. The summed E-state index contributed by atoms with van der Waals surface area (Å²) in [4.78, 5) is 17.9. The monoisotopic (exact) mass is 309 g/mol. The van der Waals surface area contributed by atoms with Gasteiger partial charge in [-0.25, -0.2) is 9.37 Å². The fraction of sp³-hybridized carbons (Fsp3) is 0.167. The average Bonchev–Trinajstić information content (AvgIpc) is 2.65. The number of imidazole rings is 1. The molecule has 18 heavy (non-hydrogen) atoms. The second-order valence-corrected chi connectivity index (χ2v) is 4.93. The maximum Gasteiger partial charge on any atom is 0.256 e. The van der Waals surface area contributed by atoms with E-state index in [1.54, 1.807) is 28.9 Å². The quantitative estimate of drug-likeness (QED) is 0.749. The first kappa shape index (κ1) is 11.4. The van der Waals surface area contributed by atoms with Gasteiger partial charge in [0.05, 0.1) is 23.5 Å². The molecule has 2 heterocycles. The second-order valence-electron chi connectivity index (χ2n) is 4.17. The van der Waals surface area contributed by atoms with Crippen molar-refractivity contribution >= 4 is 21.8 Å². The van der Waals surface area contributed by atoms with Gasteiger partial charge in [-0.05, 0) is 34.1 Å². The number of hydrogen-bond donors (Lipinski definition) is 0. The van der Waals surface area contributed by atoms with E-state index in [0.717, 1.165) is 5.69 Å². The van der Waals surface area contributed by atoms with Crippen molar-refractivity contribution in [1.29, 1.82) is 0 Å². The summed E-state index contributed by atoms with van der Waals surface area (Å²) < 4.78 is 15.8. The normalized spacial score (nSPS) is 14.2. The van der Waals surface area contributed by atoms with Crippen LogP contribution in [0.5, 0.6) is 0 Å². The summed E-state index contributed by atoms with van der Waals surface area (Å²) in [7, 11) is 1.69. The molecule has 0 aliphatic carbocycles. The fourth-order valence-electron chi connectivity index (χ4n) is 2.09. The third kappa shape index (κ3) is 1.56. The van der Waals surface area contributed by atoms with E-state index in [-0.39, 0.29) is 5.91 Å². The number of aromatic nitrogens is 2. The van der Waals surface area contributed by atoms with Crippen LogP contribution >= 0.6 is 15.9 Å². The summed E-state index contributed by atoms with van der Waals surface area (Å²) in [5.74, 6) is -0.613. The first-order chi connectivity index (χ1) is 8.58. The summed E-state index contributed by atoms with van der Waals surface area (Å²) >= 11 is 3.36. The van der Waals surface area contributed by atoms with Crippen molar-refractivity contribution in [1.82, 2.24) is 14.5 Å². The third-order valence-corrected chi connectivity index (χ3v) is 3.66. The minimum atomic E-state index is -0.418. The molecular weight excluding hydrogens is 301 g/mol. The largest absolute Gasteiger partial charge is 0.336 e. The van der Waals surface area contributed by atoms with E-state index in [0.29, 0.717) is 22.4 Å². The van der Waals surface area contributed by atoms with Crippen molar-refractivity contribution in [2.24, 2.45) is 0 Å². The molecule has 6 heteroatoms. The van der Waals surface area contributed by atoms with Gasteiger partial charge in [0.2, 0.25) is 0 Å². The lowest BCUT2D eigenvalue weighted by atomic mass is 10.1. The number of nitrogens with zero attached hydrogens (tertiary/aromatic N) is 3. The number of amides is 1. The molecule has 4 nitrogen and oxygen atoms in total. The summed E-state index contributed by atoms with van der Waals surface area (Å²) in [6.07, 6.45) is 1.63. The van der Waals surface area contributed by atoms with Gasteiger partial charge in [-0.3, -0.25) is 9.36 Å². The third-order valence-electron chi connectivity index (χ3n) is 3.00. The van der Waals surface area contributed by atoms with E-state index in [4.69, 9.17) is 0 Å². The van der Waals surface area contributed by atoms with Gasteiger partial charge >= 0.3 is 0 Å². The summed E-state index contributed by atoms with van der Waals surface area (Å²) in [5, 5.41) is 0. The van der Waals surface area contributed by atoms with Gasteiger partial charge in [-0.15, -0.1) is 0 Å². The smallest absolute Gasteiger partial charge is 0.256 e. The molecule has 0 saturated heterocycles. The van der Waals surface area contributed by atoms with Gasteiger partial charge in [0.15, 0.2) is 0 Å². The van der Waals surface area contributed by atoms with E-state index in [1.807, 2.05) is 0 Å². The molecule has 0 spiro atoms. The number of rotatable bonds is 0. The molecule has 1 aliphatic heterocycles. The Bertz CT molecular complexity index is 653. The van der Waals surface area contributed by atoms with Crippen LogP contribution in [0.4, 0.5) is 4.39 Å². The predicted octanol–water partition coefficient (Wildman–Crippen LogP) is 2.36. The zero-order valence-corrected chi connectivity index (χ0v) is 11.1. The lowest BCUT2D eigenvalue weighted by molar-refractivity contribution is 0.0787. The Balaban J connectivity index is 2.33. The Morgan fingerprint density at radius 2 is 2.22 bits per heavy atom. The first-order valence-electron chi connectivity index (χ1n) is 5.35. The van der Waals surface area contributed by atoms with Crippen LogP contribution in [0.3, 0.4) is 0 Å². The lowest BCUT2D eigenvalue weighted by Crippen LogP contribution is -2.25. The highest BCUT2D eigenvalue weighted by atomic mass is 79.9. The number of carbonyl (C=O) groups excluding carboxylic acids is 1. The highest BCUT2D eigenvalue weighted by Crippen LogP contribution is 2.27. The van der Waals surface area contributed by atoms with Crippen molar-refractivity contribution in [2.75, 3.05) is 7.05 Å². The lowest BCUT2D eigenvalue weighted by Gasteiger charge is -2.13. The predicted molar refractivity (Wildman–Crippen MR) is 67.0 cm³/mol. The minimum Gasteiger partial charge on any atom is -0.336 e. The molecule has 0 saturated carbocycles. The minimum absolute atomic E-state index is 0.194. The molecular formula is C12H9BrFN3O. The van der Waals surface area contributed by atoms with Gasteiger partial charge < -0.3 is 4.90 Å². The Kier molecular flexibility index (Phi) is 2.48. The van der Waals surface area contributed by atoms with E-state index in [9.17, 15) is 9.18 Å². The second kappa shape index (κ2) is 3.91. The molecule has 0 radical (unpaired) electrons. The maximum absolute atomic E-state index is 13.3. The topological polar surface area (TPSA) is 38.1 Å². The van der Waals surface area contributed by atoms with Crippen LogP contribution in [0.25, 0.3) is 5.69 Å². The molecule has 1 aromatic heterocycles. The highest BCUT2D eigenvalue weighted by molar-refractivity contribution is 9.10.